The SMILES string of the molecule is CCc1nn(C)c(CN2C(=O)COCC2=O)c1Br. The molecule has 2 heterocycles. The summed E-state index contributed by atoms with van der Waals surface area (Å²) in [6, 6.07) is 0. The number of imide groups is 1. The van der Waals surface area contributed by atoms with Gasteiger partial charge in [-0.25, -0.2) is 0 Å². The second-order valence-electron chi connectivity index (χ2n) is 4.05. The Bertz CT molecular complexity index is 482. The van der Waals surface area contributed by atoms with Crippen LogP contribution in [0.3, 0.4) is 0 Å². The number of aromatic nitrogens is 2. The lowest BCUT2D eigenvalue weighted by molar-refractivity contribution is -0.159. The van der Waals surface area contributed by atoms with E-state index in [4.69, 9.17) is 4.74 Å². The van der Waals surface area contributed by atoms with Crippen molar-refractivity contribution in [3.8, 4) is 0 Å². The first-order chi connectivity index (χ1) is 8.54. The fraction of sp³-hybridized carbons (Fsp3) is 0.545. The highest BCUT2D eigenvalue weighted by atomic mass is 79.9. The molecule has 1 aliphatic rings. The summed E-state index contributed by atoms with van der Waals surface area (Å²) in [5, 5.41) is 4.33. The lowest BCUT2D eigenvalue weighted by Gasteiger charge is -2.24. The highest BCUT2D eigenvalue weighted by Gasteiger charge is 2.28. The molecule has 0 N–H and O–H groups in total. The van der Waals surface area contributed by atoms with Crippen molar-refractivity contribution in [2.75, 3.05) is 13.2 Å². The van der Waals surface area contributed by atoms with Gasteiger partial charge in [0.05, 0.1) is 22.4 Å². The van der Waals surface area contributed by atoms with Gasteiger partial charge in [0.1, 0.15) is 13.2 Å². The maximum Gasteiger partial charge on any atom is 0.255 e. The zero-order chi connectivity index (χ0) is 13.3. The zero-order valence-corrected chi connectivity index (χ0v) is 11.9. The van der Waals surface area contributed by atoms with Crippen molar-refractivity contribution in [2.45, 2.75) is 19.9 Å². The van der Waals surface area contributed by atoms with Gasteiger partial charge < -0.3 is 4.74 Å². The molecule has 2 rings (SSSR count). The molecular weight excluding hydrogens is 302 g/mol. The zero-order valence-electron chi connectivity index (χ0n) is 10.3. The molecule has 0 unspecified atom stereocenters. The second kappa shape index (κ2) is 5.19. The molecule has 0 aromatic carbocycles. The quantitative estimate of drug-likeness (QED) is 0.767. The molecule has 1 aliphatic heterocycles. The first-order valence-electron chi connectivity index (χ1n) is 5.65. The molecule has 98 valence electrons. The van der Waals surface area contributed by atoms with Gasteiger partial charge in [-0.15, -0.1) is 0 Å². The number of rotatable bonds is 3. The Morgan fingerprint density at radius 3 is 2.44 bits per heavy atom. The van der Waals surface area contributed by atoms with Crippen molar-refractivity contribution in [3.63, 3.8) is 0 Å². The van der Waals surface area contributed by atoms with Crippen molar-refractivity contribution in [2.24, 2.45) is 7.05 Å². The topological polar surface area (TPSA) is 64.4 Å². The number of halogens is 1. The first-order valence-corrected chi connectivity index (χ1v) is 6.45. The Morgan fingerprint density at radius 1 is 1.33 bits per heavy atom. The van der Waals surface area contributed by atoms with Gasteiger partial charge in [0, 0.05) is 7.05 Å². The van der Waals surface area contributed by atoms with E-state index < -0.39 is 0 Å². The molecule has 0 bridgehead atoms. The van der Waals surface area contributed by atoms with Crippen LogP contribution >= 0.6 is 15.9 Å². The second-order valence-corrected chi connectivity index (χ2v) is 4.84. The summed E-state index contributed by atoms with van der Waals surface area (Å²) in [5.74, 6) is -0.616. The number of hydrogen-bond acceptors (Lipinski definition) is 4. The molecule has 0 atom stereocenters. The molecule has 7 heteroatoms. The summed E-state index contributed by atoms with van der Waals surface area (Å²) >= 11 is 3.47. The summed E-state index contributed by atoms with van der Waals surface area (Å²) in [4.78, 5) is 24.5. The molecule has 0 aliphatic carbocycles. The van der Waals surface area contributed by atoms with Gasteiger partial charge in [-0.1, -0.05) is 6.92 Å². The lowest BCUT2D eigenvalue weighted by Crippen LogP contribution is -2.45. The summed E-state index contributed by atoms with van der Waals surface area (Å²) < 4.78 is 7.43. The largest absolute Gasteiger partial charge is 0.362 e. The molecule has 0 radical (unpaired) electrons. The van der Waals surface area contributed by atoms with Crippen LogP contribution in [0.15, 0.2) is 4.47 Å². The smallest absolute Gasteiger partial charge is 0.255 e. The average Bonchev–Trinajstić information content (AvgIpc) is 2.60. The number of hydrogen-bond donors (Lipinski definition) is 0. The Labute approximate surface area is 113 Å². The minimum atomic E-state index is -0.308. The number of amides is 2. The molecule has 0 saturated carbocycles. The number of ether oxygens (including phenoxy) is 1. The van der Waals surface area contributed by atoms with E-state index in [9.17, 15) is 9.59 Å². The van der Waals surface area contributed by atoms with Crippen LogP contribution < -0.4 is 0 Å². The summed E-state index contributed by atoms with van der Waals surface area (Å²) in [7, 11) is 1.80. The highest BCUT2D eigenvalue weighted by molar-refractivity contribution is 9.10. The van der Waals surface area contributed by atoms with Crippen LogP contribution in [0.2, 0.25) is 0 Å². The number of morpholine rings is 1. The standard InChI is InChI=1S/C11H14BrN3O3/c1-3-7-11(12)8(14(2)13-7)4-15-9(16)5-18-6-10(15)17/h3-6H2,1-2H3. The van der Waals surface area contributed by atoms with Gasteiger partial charge in [-0.3, -0.25) is 19.2 Å². The molecular formula is C11H14BrN3O3. The van der Waals surface area contributed by atoms with Crippen LogP contribution in [0.25, 0.3) is 0 Å². The Hall–Kier alpha value is -1.21. The van der Waals surface area contributed by atoms with E-state index in [0.29, 0.717) is 0 Å². The predicted octanol–water partition coefficient (Wildman–Crippen LogP) is 0.630. The number of aryl methyl sites for hydroxylation is 2. The van der Waals surface area contributed by atoms with Crippen molar-refractivity contribution >= 4 is 27.7 Å². The van der Waals surface area contributed by atoms with E-state index in [0.717, 1.165) is 22.3 Å². The molecule has 1 aromatic rings. The van der Waals surface area contributed by atoms with Crippen molar-refractivity contribution in [3.05, 3.63) is 15.9 Å². The minimum Gasteiger partial charge on any atom is -0.362 e. The van der Waals surface area contributed by atoms with E-state index >= 15 is 0 Å². The summed E-state index contributed by atoms with van der Waals surface area (Å²) in [6.45, 7) is 2.15. The molecule has 6 nitrogen and oxygen atoms in total. The fourth-order valence-corrected chi connectivity index (χ4v) is 2.58. The van der Waals surface area contributed by atoms with E-state index in [2.05, 4.69) is 21.0 Å². The third-order valence-corrected chi connectivity index (χ3v) is 3.78. The molecule has 1 fully saturated rings. The summed E-state index contributed by atoms with van der Waals surface area (Å²) in [5.41, 5.74) is 1.73. The normalized spacial score (nSPS) is 16.5. The van der Waals surface area contributed by atoms with Crippen molar-refractivity contribution < 1.29 is 14.3 Å². The average molecular weight is 316 g/mol. The van der Waals surface area contributed by atoms with E-state index in [-0.39, 0.29) is 31.6 Å². The Balaban J connectivity index is 2.25. The highest BCUT2D eigenvalue weighted by Crippen LogP contribution is 2.23. The Morgan fingerprint density at radius 2 is 1.94 bits per heavy atom. The predicted molar refractivity (Wildman–Crippen MR) is 66.7 cm³/mol. The van der Waals surface area contributed by atoms with E-state index in [1.165, 1.54) is 4.90 Å². The van der Waals surface area contributed by atoms with Crippen LogP contribution in [-0.2, 0) is 34.3 Å². The minimum absolute atomic E-state index is 0.0398. The van der Waals surface area contributed by atoms with Gasteiger partial charge in [0.15, 0.2) is 0 Å². The van der Waals surface area contributed by atoms with Gasteiger partial charge in [-0.2, -0.15) is 5.10 Å². The van der Waals surface area contributed by atoms with Gasteiger partial charge in [0.2, 0.25) is 0 Å². The first kappa shape index (κ1) is 13.2. The van der Waals surface area contributed by atoms with Gasteiger partial charge in [0.25, 0.3) is 11.8 Å². The Kier molecular flexibility index (Phi) is 3.82. The molecule has 2 amide bonds. The number of nitrogens with zero attached hydrogens (tertiary/aromatic N) is 3. The molecule has 18 heavy (non-hydrogen) atoms. The molecule has 1 saturated heterocycles. The van der Waals surface area contributed by atoms with Crippen LogP contribution in [0, 0.1) is 0 Å². The van der Waals surface area contributed by atoms with Crippen molar-refractivity contribution in [1.82, 2.24) is 14.7 Å². The fourth-order valence-electron chi connectivity index (χ4n) is 1.84. The lowest BCUT2D eigenvalue weighted by atomic mass is 10.2. The van der Waals surface area contributed by atoms with Crippen LogP contribution in [-0.4, -0.2) is 39.7 Å². The van der Waals surface area contributed by atoms with Crippen LogP contribution in [0.4, 0.5) is 0 Å². The number of carbonyl (C=O) groups is 2. The van der Waals surface area contributed by atoms with Gasteiger partial charge in [-0.05, 0) is 22.4 Å². The van der Waals surface area contributed by atoms with E-state index in [1.807, 2.05) is 6.92 Å². The van der Waals surface area contributed by atoms with Crippen LogP contribution in [0.5, 0.6) is 0 Å². The van der Waals surface area contributed by atoms with Crippen molar-refractivity contribution in [1.29, 1.82) is 0 Å². The molecule has 0 spiro atoms. The summed E-state index contributed by atoms with van der Waals surface area (Å²) in [6.07, 6.45) is 0.791. The third-order valence-electron chi connectivity index (χ3n) is 2.86. The van der Waals surface area contributed by atoms with Gasteiger partial charge >= 0.3 is 0 Å². The number of carbonyl (C=O) groups excluding carboxylic acids is 2. The molecule has 1 aromatic heterocycles. The third kappa shape index (κ3) is 2.32. The monoisotopic (exact) mass is 315 g/mol. The maximum absolute atomic E-state index is 11.6. The van der Waals surface area contributed by atoms with Crippen LogP contribution in [0.1, 0.15) is 18.3 Å². The van der Waals surface area contributed by atoms with E-state index in [1.54, 1.807) is 11.7 Å². The maximum atomic E-state index is 11.6.